The Hall–Kier alpha value is -0.410. The normalized spacial score (nSPS) is 28.4. The molecule has 106 valence electrons. The smallest absolute Gasteiger partial charge is 0.0413 e. The van der Waals surface area contributed by atoms with E-state index >= 15 is 0 Å². The molecule has 1 heterocycles. The minimum Gasteiger partial charge on any atom is -0.327 e. The van der Waals surface area contributed by atoms with Crippen molar-refractivity contribution in [3.63, 3.8) is 0 Å². The monoisotopic (exact) mass is 324 g/mol. The lowest BCUT2D eigenvalue weighted by molar-refractivity contribution is 0.112. The molecule has 3 heteroatoms. The van der Waals surface area contributed by atoms with Crippen molar-refractivity contribution in [3.05, 3.63) is 28.5 Å². The molecule has 1 aliphatic rings. The molecule has 2 N–H and O–H groups in total. The van der Waals surface area contributed by atoms with Crippen molar-refractivity contribution >= 4 is 15.9 Å². The van der Waals surface area contributed by atoms with Gasteiger partial charge in [-0.15, -0.1) is 0 Å². The highest BCUT2D eigenvalue weighted by molar-refractivity contribution is 9.10. The van der Waals surface area contributed by atoms with E-state index in [0.29, 0.717) is 12.0 Å². The highest BCUT2D eigenvalue weighted by atomic mass is 79.9. The molecule has 19 heavy (non-hydrogen) atoms. The Morgan fingerprint density at radius 1 is 1.37 bits per heavy atom. The Morgan fingerprint density at radius 2 is 2.11 bits per heavy atom. The standard InChI is InChI=1S/C16H25BrN2/c1-11-4-7-14(15(18)8-11)16(2,3)9-13-6-5-12(17)10-19-13/h5-6,10-11,14-15H,4,7-9,18H2,1-3H3. The Morgan fingerprint density at radius 3 is 2.68 bits per heavy atom. The first-order valence-corrected chi connectivity index (χ1v) is 8.04. The zero-order valence-corrected chi connectivity index (χ0v) is 13.8. The summed E-state index contributed by atoms with van der Waals surface area (Å²) >= 11 is 3.44. The van der Waals surface area contributed by atoms with Crippen molar-refractivity contribution in [2.75, 3.05) is 0 Å². The van der Waals surface area contributed by atoms with Crippen molar-refractivity contribution in [2.45, 2.75) is 52.5 Å². The van der Waals surface area contributed by atoms with Gasteiger partial charge >= 0.3 is 0 Å². The van der Waals surface area contributed by atoms with Crippen molar-refractivity contribution < 1.29 is 0 Å². The van der Waals surface area contributed by atoms with Crippen molar-refractivity contribution in [2.24, 2.45) is 23.0 Å². The van der Waals surface area contributed by atoms with Crippen LogP contribution >= 0.6 is 15.9 Å². The number of halogens is 1. The van der Waals surface area contributed by atoms with Gasteiger partial charge in [0.1, 0.15) is 0 Å². The molecular weight excluding hydrogens is 300 g/mol. The Kier molecular flexibility index (Phi) is 4.67. The fourth-order valence-corrected chi connectivity index (χ4v) is 3.74. The SMILES string of the molecule is CC1CCC(C(C)(C)Cc2ccc(Br)cn2)C(N)C1. The fourth-order valence-electron chi connectivity index (χ4n) is 3.50. The van der Waals surface area contributed by atoms with Gasteiger partial charge in [-0.05, 0) is 64.6 Å². The molecule has 3 unspecified atom stereocenters. The maximum atomic E-state index is 6.41. The second-order valence-electron chi connectivity index (χ2n) is 6.82. The van der Waals surface area contributed by atoms with Crippen LogP contribution in [0.15, 0.2) is 22.8 Å². The number of nitrogens with two attached hydrogens (primary N) is 1. The lowest BCUT2D eigenvalue weighted by Gasteiger charge is -2.42. The number of hydrogen-bond acceptors (Lipinski definition) is 2. The first kappa shape index (κ1) is 15.0. The summed E-state index contributed by atoms with van der Waals surface area (Å²) in [6.45, 7) is 7.01. The molecule has 0 aromatic carbocycles. The number of rotatable bonds is 3. The molecule has 1 fully saturated rings. The van der Waals surface area contributed by atoms with Crippen LogP contribution in [0.1, 0.15) is 45.7 Å². The molecule has 0 saturated heterocycles. The van der Waals surface area contributed by atoms with Gasteiger partial charge in [0.15, 0.2) is 0 Å². The van der Waals surface area contributed by atoms with Crippen LogP contribution in [0.3, 0.4) is 0 Å². The van der Waals surface area contributed by atoms with Crippen LogP contribution < -0.4 is 5.73 Å². The average Bonchev–Trinajstić information content (AvgIpc) is 2.31. The molecule has 0 bridgehead atoms. The molecule has 0 amide bonds. The third kappa shape index (κ3) is 3.79. The second-order valence-corrected chi connectivity index (χ2v) is 7.74. The molecule has 0 radical (unpaired) electrons. The number of aromatic nitrogens is 1. The average molecular weight is 325 g/mol. The van der Waals surface area contributed by atoms with Crippen LogP contribution in [0, 0.1) is 17.3 Å². The molecule has 0 spiro atoms. The molecule has 1 saturated carbocycles. The zero-order valence-electron chi connectivity index (χ0n) is 12.2. The van der Waals surface area contributed by atoms with Crippen LogP contribution in [-0.2, 0) is 6.42 Å². The number of hydrogen-bond donors (Lipinski definition) is 1. The summed E-state index contributed by atoms with van der Waals surface area (Å²) in [6, 6.07) is 4.53. The molecule has 1 aromatic heterocycles. The van der Waals surface area contributed by atoms with Gasteiger partial charge in [0.25, 0.3) is 0 Å². The lowest BCUT2D eigenvalue weighted by atomic mass is 9.65. The molecule has 2 nitrogen and oxygen atoms in total. The second kappa shape index (κ2) is 5.92. The van der Waals surface area contributed by atoms with Crippen molar-refractivity contribution in [1.29, 1.82) is 0 Å². The van der Waals surface area contributed by atoms with Crippen LogP contribution in [0.4, 0.5) is 0 Å². The Balaban J connectivity index is 2.07. The molecular formula is C16H25BrN2. The van der Waals surface area contributed by atoms with Crippen LogP contribution in [0.25, 0.3) is 0 Å². The summed E-state index contributed by atoms with van der Waals surface area (Å²) in [5.74, 6) is 1.39. The summed E-state index contributed by atoms with van der Waals surface area (Å²) < 4.78 is 1.04. The third-order valence-electron chi connectivity index (χ3n) is 4.59. The predicted molar refractivity (Wildman–Crippen MR) is 83.9 cm³/mol. The molecule has 2 rings (SSSR count). The maximum Gasteiger partial charge on any atom is 0.0413 e. The van der Waals surface area contributed by atoms with Gasteiger partial charge in [-0.2, -0.15) is 0 Å². The van der Waals surface area contributed by atoms with Gasteiger partial charge in [0.2, 0.25) is 0 Å². The first-order chi connectivity index (χ1) is 8.88. The summed E-state index contributed by atoms with van der Waals surface area (Å²) in [5.41, 5.74) is 7.79. The Labute approximate surface area is 125 Å². The van der Waals surface area contributed by atoms with Gasteiger partial charge in [-0.25, -0.2) is 0 Å². The summed E-state index contributed by atoms with van der Waals surface area (Å²) in [4.78, 5) is 4.51. The minimum atomic E-state index is 0.223. The summed E-state index contributed by atoms with van der Waals surface area (Å²) in [6.07, 6.45) is 6.63. The minimum absolute atomic E-state index is 0.223. The highest BCUT2D eigenvalue weighted by Gasteiger charge is 2.37. The van der Waals surface area contributed by atoms with E-state index in [2.05, 4.69) is 53.8 Å². The van der Waals surface area contributed by atoms with Crippen LogP contribution in [-0.4, -0.2) is 11.0 Å². The first-order valence-electron chi connectivity index (χ1n) is 7.24. The van der Waals surface area contributed by atoms with Crippen molar-refractivity contribution in [1.82, 2.24) is 4.98 Å². The summed E-state index contributed by atoms with van der Waals surface area (Å²) in [5, 5.41) is 0. The molecule has 0 aliphatic heterocycles. The van der Waals surface area contributed by atoms with Gasteiger partial charge in [0, 0.05) is 22.4 Å². The highest BCUT2D eigenvalue weighted by Crippen LogP contribution is 2.41. The van der Waals surface area contributed by atoms with Crippen LogP contribution in [0.5, 0.6) is 0 Å². The largest absolute Gasteiger partial charge is 0.327 e. The van der Waals surface area contributed by atoms with E-state index in [-0.39, 0.29) is 5.41 Å². The van der Waals surface area contributed by atoms with E-state index in [1.807, 2.05) is 6.20 Å². The van der Waals surface area contributed by atoms with E-state index in [0.717, 1.165) is 16.8 Å². The van der Waals surface area contributed by atoms with Gasteiger partial charge < -0.3 is 5.73 Å². The Bertz CT molecular complexity index is 413. The summed E-state index contributed by atoms with van der Waals surface area (Å²) in [7, 11) is 0. The molecule has 3 atom stereocenters. The number of pyridine rings is 1. The van der Waals surface area contributed by atoms with E-state index in [1.54, 1.807) is 0 Å². The molecule has 1 aromatic rings. The zero-order chi connectivity index (χ0) is 14.0. The lowest BCUT2D eigenvalue weighted by Crippen LogP contribution is -2.44. The fraction of sp³-hybridized carbons (Fsp3) is 0.688. The molecule has 1 aliphatic carbocycles. The van der Waals surface area contributed by atoms with E-state index < -0.39 is 0 Å². The van der Waals surface area contributed by atoms with E-state index in [4.69, 9.17) is 5.73 Å². The van der Waals surface area contributed by atoms with E-state index in [1.165, 1.54) is 25.0 Å². The predicted octanol–water partition coefficient (Wildman–Crippen LogP) is 4.18. The topological polar surface area (TPSA) is 38.9 Å². The maximum absolute atomic E-state index is 6.41. The van der Waals surface area contributed by atoms with E-state index in [9.17, 15) is 0 Å². The van der Waals surface area contributed by atoms with Crippen LogP contribution in [0.2, 0.25) is 0 Å². The van der Waals surface area contributed by atoms with Gasteiger partial charge in [-0.1, -0.05) is 27.2 Å². The number of nitrogens with zero attached hydrogens (tertiary/aromatic N) is 1. The van der Waals surface area contributed by atoms with Gasteiger partial charge in [-0.3, -0.25) is 4.98 Å². The third-order valence-corrected chi connectivity index (χ3v) is 5.06. The van der Waals surface area contributed by atoms with Crippen molar-refractivity contribution in [3.8, 4) is 0 Å². The van der Waals surface area contributed by atoms with Gasteiger partial charge in [0.05, 0.1) is 0 Å². The quantitative estimate of drug-likeness (QED) is 0.905.